The van der Waals surface area contributed by atoms with Gasteiger partial charge in [-0.05, 0) is 32.1 Å². The number of nitro groups is 2. The molecular formula is C21H20N6O4. The first-order chi connectivity index (χ1) is 14.9. The Labute approximate surface area is 177 Å². The van der Waals surface area contributed by atoms with E-state index in [4.69, 9.17) is 0 Å². The molecule has 158 valence electrons. The molecule has 0 aliphatic heterocycles. The maximum Gasteiger partial charge on any atom is 0.301 e. The number of hydrogen-bond donors (Lipinski definition) is 1. The number of benzene rings is 2. The molecule has 1 heterocycles. The number of nitro benzene ring substituents is 2. The SMILES string of the molecule is CCn1cc(/C=C/C(=N/Nc2ccc([N+](=O)[O-])cc2[N+](=O)[O-])c2ccccc2)c(C)n1. The summed E-state index contributed by atoms with van der Waals surface area (Å²) in [6.45, 7) is 4.65. The highest BCUT2D eigenvalue weighted by molar-refractivity contribution is 6.11. The molecule has 3 aromatic rings. The van der Waals surface area contributed by atoms with Crippen LogP contribution in [0.4, 0.5) is 17.1 Å². The highest BCUT2D eigenvalue weighted by Crippen LogP contribution is 2.29. The van der Waals surface area contributed by atoms with Crippen LogP contribution in [0.5, 0.6) is 0 Å². The van der Waals surface area contributed by atoms with Gasteiger partial charge in [0, 0.05) is 29.9 Å². The van der Waals surface area contributed by atoms with Crippen LogP contribution < -0.4 is 5.43 Å². The summed E-state index contributed by atoms with van der Waals surface area (Å²) in [7, 11) is 0. The quantitative estimate of drug-likeness (QED) is 0.323. The molecule has 31 heavy (non-hydrogen) atoms. The lowest BCUT2D eigenvalue weighted by Crippen LogP contribution is -2.03. The lowest BCUT2D eigenvalue weighted by Gasteiger charge is -2.05. The van der Waals surface area contributed by atoms with Crippen molar-refractivity contribution in [3.63, 3.8) is 0 Å². The number of rotatable bonds is 8. The lowest BCUT2D eigenvalue weighted by atomic mass is 10.1. The van der Waals surface area contributed by atoms with Crippen LogP contribution in [0, 0.1) is 27.2 Å². The van der Waals surface area contributed by atoms with Crippen molar-refractivity contribution in [1.29, 1.82) is 0 Å². The van der Waals surface area contributed by atoms with Gasteiger partial charge in [-0.25, -0.2) is 0 Å². The number of aryl methyl sites for hydroxylation is 2. The number of non-ortho nitro benzene ring substituents is 1. The van der Waals surface area contributed by atoms with Gasteiger partial charge in [0.1, 0.15) is 5.69 Å². The molecule has 0 spiro atoms. The van der Waals surface area contributed by atoms with Gasteiger partial charge in [0.2, 0.25) is 0 Å². The Bertz CT molecular complexity index is 1170. The predicted octanol–water partition coefficient (Wildman–Crippen LogP) is 4.56. The Balaban J connectivity index is 1.97. The van der Waals surface area contributed by atoms with E-state index in [0.717, 1.165) is 29.4 Å². The fourth-order valence-electron chi connectivity index (χ4n) is 2.83. The van der Waals surface area contributed by atoms with Gasteiger partial charge in [-0.2, -0.15) is 10.2 Å². The van der Waals surface area contributed by atoms with Crippen molar-refractivity contribution in [1.82, 2.24) is 9.78 Å². The second-order valence-corrected chi connectivity index (χ2v) is 6.55. The van der Waals surface area contributed by atoms with Crippen molar-refractivity contribution < 1.29 is 9.85 Å². The number of nitrogens with zero attached hydrogens (tertiary/aromatic N) is 5. The Kier molecular flexibility index (Phi) is 6.51. The first kappa shape index (κ1) is 21.4. The molecule has 3 rings (SSSR count). The van der Waals surface area contributed by atoms with Gasteiger partial charge in [0.25, 0.3) is 5.69 Å². The maximum absolute atomic E-state index is 11.4. The molecule has 0 fully saturated rings. The molecule has 0 amide bonds. The second-order valence-electron chi connectivity index (χ2n) is 6.55. The van der Waals surface area contributed by atoms with Gasteiger partial charge in [0.05, 0.1) is 27.3 Å². The van der Waals surface area contributed by atoms with E-state index in [1.165, 1.54) is 12.1 Å². The van der Waals surface area contributed by atoms with E-state index in [-0.39, 0.29) is 11.4 Å². The molecule has 0 unspecified atom stereocenters. The fourth-order valence-corrected chi connectivity index (χ4v) is 2.83. The van der Waals surface area contributed by atoms with E-state index < -0.39 is 15.5 Å². The summed E-state index contributed by atoms with van der Waals surface area (Å²) in [5.41, 5.74) is 5.02. The van der Waals surface area contributed by atoms with Crippen molar-refractivity contribution in [2.45, 2.75) is 20.4 Å². The third-order valence-corrected chi connectivity index (χ3v) is 4.48. The van der Waals surface area contributed by atoms with Crippen molar-refractivity contribution >= 4 is 28.8 Å². The highest BCUT2D eigenvalue weighted by atomic mass is 16.6. The summed E-state index contributed by atoms with van der Waals surface area (Å²) >= 11 is 0. The smallest absolute Gasteiger partial charge is 0.272 e. The van der Waals surface area contributed by atoms with E-state index >= 15 is 0 Å². The Morgan fingerprint density at radius 3 is 2.52 bits per heavy atom. The maximum atomic E-state index is 11.4. The number of nitrogens with one attached hydrogen (secondary N) is 1. The molecule has 10 nitrogen and oxygen atoms in total. The Morgan fingerprint density at radius 2 is 1.90 bits per heavy atom. The molecule has 0 atom stereocenters. The monoisotopic (exact) mass is 420 g/mol. The lowest BCUT2D eigenvalue weighted by molar-refractivity contribution is -0.393. The molecule has 1 N–H and O–H groups in total. The second kappa shape index (κ2) is 9.44. The van der Waals surface area contributed by atoms with Gasteiger partial charge in [-0.15, -0.1) is 0 Å². The number of anilines is 1. The molecular weight excluding hydrogens is 400 g/mol. The Morgan fingerprint density at radius 1 is 1.16 bits per heavy atom. The minimum atomic E-state index is -0.689. The van der Waals surface area contributed by atoms with Crippen LogP contribution in [0.15, 0.2) is 65.9 Å². The van der Waals surface area contributed by atoms with Crippen LogP contribution >= 0.6 is 0 Å². The Hall–Kier alpha value is -4.34. The zero-order valence-corrected chi connectivity index (χ0v) is 16.9. The van der Waals surface area contributed by atoms with Crippen LogP contribution in [-0.2, 0) is 6.54 Å². The summed E-state index contributed by atoms with van der Waals surface area (Å²) in [6.07, 6.45) is 5.57. The van der Waals surface area contributed by atoms with Gasteiger partial charge in [0.15, 0.2) is 0 Å². The molecule has 0 saturated carbocycles. The minimum absolute atomic E-state index is 0.0485. The van der Waals surface area contributed by atoms with E-state index in [1.54, 1.807) is 6.08 Å². The zero-order valence-electron chi connectivity index (χ0n) is 16.9. The average molecular weight is 420 g/mol. The third kappa shape index (κ3) is 5.18. The van der Waals surface area contributed by atoms with Gasteiger partial charge in [-0.1, -0.05) is 30.3 Å². The zero-order chi connectivity index (χ0) is 22.4. The number of hydrazone groups is 1. The predicted molar refractivity (Wildman–Crippen MR) is 118 cm³/mol. The van der Waals surface area contributed by atoms with Crippen molar-refractivity contribution in [3.05, 3.63) is 97.9 Å². The van der Waals surface area contributed by atoms with Crippen LogP contribution in [0.3, 0.4) is 0 Å². The molecule has 0 aliphatic carbocycles. The summed E-state index contributed by atoms with van der Waals surface area (Å²) in [5, 5.41) is 31.0. The molecule has 0 bridgehead atoms. The third-order valence-electron chi connectivity index (χ3n) is 4.48. The first-order valence-corrected chi connectivity index (χ1v) is 9.43. The van der Waals surface area contributed by atoms with E-state index in [1.807, 2.05) is 61.1 Å². The summed E-state index contributed by atoms with van der Waals surface area (Å²) in [6, 6.07) is 12.6. The average Bonchev–Trinajstić information content (AvgIpc) is 3.13. The van der Waals surface area contributed by atoms with Gasteiger partial charge < -0.3 is 0 Å². The standard InChI is InChI=1S/C21H20N6O4/c1-3-25-14-17(15(2)24-25)9-11-19(16-7-5-4-6-8-16)22-23-20-12-10-18(26(28)29)13-21(20)27(30)31/h4-14,23H,3H2,1-2H3/b11-9+,22-19-. The molecule has 0 aliphatic rings. The largest absolute Gasteiger partial charge is 0.301 e. The van der Waals surface area contributed by atoms with Gasteiger partial charge >= 0.3 is 5.69 Å². The topological polar surface area (TPSA) is 128 Å². The summed E-state index contributed by atoms with van der Waals surface area (Å²) in [5.74, 6) is 0. The molecule has 2 aromatic carbocycles. The fraction of sp³-hybridized carbons (Fsp3) is 0.143. The van der Waals surface area contributed by atoms with Crippen LogP contribution in [-0.4, -0.2) is 25.3 Å². The van der Waals surface area contributed by atoms with E-state index in [0.29, 0.717) is 5.71 Å². The van der Waals surface area contributed by atoms with E-state index in [2.05, 4.69) is 15.6 Å². The molecule has 1 aromatic heterocycles. The number of allylic oxidation sites excluding steroid dienone is 1. The van der Waals surface area contributed by atoms with Crippen LogP contribution in [0.2, 0.25) is 0 Å². The number of hydrogen-bond acceptors (Lipinski definition) is 7. The normalized spacial score (nSPS) is 11.6. The molecule has 0 radical (unpaired) electrons. The molecule has 10 heteroatoms. The van der Waals surface area contributed by atoms with Crippen molar-refractivity contribution in [2.75, 3.05) is 5.43 Å². The summed E-state index contributed by atoms with van der Waals surface area (Å²) < 4.78 is 1.83. The summed E-state index contributed by atoms with van der Waals surface area (Å²) in [4.78, 5) is 20.9. The highest BCUT2D eigenvalue weighted by Gasteiger charge is 2.19. The number of aromatic nitrogens is 2. The van der Waals surface area contributed by atoms with Crippen LogP contribution in [0.25, 0.3) is 6.08 Å². The minimum Gasteiger partial charge on any atom is -0.272 e. The van der Waals surface area contributed by atoms with Gasteiger partial charge in [-0.3, -0.25) is 30.3 Å². The first-order valence-electron chi connectivity index (χ1n) is 9.43. The van der Waals surface area contributed by atoms with E-state index in [9.17, 15) is 20.2 Å². The van der Waals surface area contributed by atoms with Crippen LogP contribution in [0.1, 0.15) is 23.7 Å². The molecule has 0 saturated heterocycles. The van der Waals surface area contributed by atoms with Crippen molar-refractivity contribution in [3.8, 4) is 0 Å². The van der Waals surface area contributed by atoms with Crippen molar-refractivity contribution in [2.24, 2.45) is 5.10 Å².